The first-order chi connectivity index (χ1) is 28.0. The van der Waals surface area contributed by atoms with E-state index in [2.05, 4.69) is 47.0 Å². The second-order valence-electron chi connectivity index (χ2n) is 17.0. The zero-order valence-electron chi connectivity index (χ0n) is 35.1. The Morgan fingerprint density at radius 2 is 1.58 bits per heavy atom. The maximum absolute atomic E-state index is 16.4. The van der Waals surface area contributed by atoms with E-state index in [4.69, 9.17) is 23.7 Å². The number of rotatable bonds is 16. The van der Waals surface area contributed by atoms with Crippen molar-refractivity contribution in [3.05, 3.63) is 101 Å². The second-order valence-corrected chi connectivity index (χ2v) is 22.7. The Bertz CT molecular complexity index is 2260. The van der Waals surface area contributed by atoms with Gasteiger partial charge in [-0.05, 0) is 73.7 Å². The minimum atomic E-state index is -1.41. The molecular weight excluding hydrogens is 775 g/mol. The van der Waals surface area contributed by atoms with E-state index in [1.54, 1.807) is 31.2 Å². The van der Waals surface area contributed by atoms with E-state index in [9.17, 15) is 9.59 Å². The van der Waals surface area contributed by atoms with Crippen LogP contribution in [0.3, 0.4) is 0 Å². The van der Waals surface area contributed by atoms with Crippen molar-refractivity contribution in [2.45, 2.75) is 78.4 Å². The molecule has 0 bridgehead atoms. The van der Waals surface area contributed by atoms with E-state index in [1.807, 2.05) is 45.0 Å². The molecule has 1 aromatic heterocycles. The fourth-order valence-corrected chi connectivity index (χ4v) is 7.37. The Labute approximate surface area is 345 Å². The van der Waals surface area contributed by atoms with Crippen molar-refractivity contribution >= 4 is 31.2 Å². The van der Waals surface area contributed by atoms with Gasteiger partial charge in [0.15, 0.2) is 5.82 Å². The highest BCUT2D eigenvalue weighted by Crippen LogP contribution is 2.36. The third-order valence-corrected chi connectivity index (χ3v) is 11.6. The monoisotopic (exact) mass is 828 g/mol. The summed E-state index contributed by atoms with van der Waals surface area (Å²) in [5.41, 5.74) is 3.77. The van der Waals surface area contributed by atoms with Crippen molar-refractivity contribution in [2.24, 2.45) is 0 Å². The summed E-state index contributed by atoms with van der Waals surface area (Å²) in [6.07, 6.45) is -0.330. The third-order valence-electron chi connectivity index (χ3n) is 9.86. The van der Waals surface area contributed by atoms with Gasteiger partial charge in [0.05, 0.1) is 36.5 Å². The first kappa shape index (κ1) is 43.4. The predicted octanol–water partition coefficient (Wildman–Crippen LogP) is 9.57. The summed E-state index contributed by atoms with van der Waals surface area (Å²) in [5.74, 6) is -1.81. The molecule has 0 spiro atoms. The number of nitrogens with zero attached hydrogens (tertiary/aromatic N) is 3. The van der Waals surface area contributed by atoms with Crippen LogP contribution in [0.5, 0.6) is 11.8 Å². The lowest BCUT2D eigenvalue weighted by atomic mass is 9.98. The van der Waals surface area contributed by atoms with Gasteiger partial charge >= 0.3 is 18.1 Å². The standard InChI is InChI=1S/C45H54F2N4O7Si/c1-29-9-18-34(23-36(29)42(52)54-5)57-43-49-41-38(51(43)28-55-21-22-59(6,7)8)24-37(46)39(40(41)47)33-16-14-32(15-17-33)31-12-10-30(11-13-31)25-50-26-35(27-50)56-20-19-48-44(53)58-45(2,3)4/h9-18,23-24,35H,19-22,25-28H2,1-8H3,(H,48,53). The molecule has 14 heteroatoms. The van der Waals surface area contributed by atoms with Crippen molar-refractivity contribution in [1.82, 2.24) is 19.8 Å². The number of ether oxygens (including phenoxy) is 5. The van der Waals surface area contributed by atoms with Crippen molar-refractivity contribution in [2.75, 3.05) is 40.0 Å². The Hall–Kier alpha value is -5.15. The van der Waals surface area contributed by atoms with E-state index in [0.717, 1.165) is 42.4 Å². The summed E-state index contributed by atoms with van der Waals surface area (Å²) in [5, 5.41) is 2.71. The lowest BCUT2D eigenvalue weighted by Crippen LogP contribution is -2.52. The summed E-state index contributed by atoms with van der Waals surface area (Å²) in [4.78, 5) is 31.0. The zero-order valence-corrected chi connectivity index (χ0v) is 36.1. The number of hydrogen-bond acceptors (Lipinski definition) is 9. The molecule has 314 valence electrons. The SMILES string of the molecule is COC(=O)c1cc(Oc2nc3c(F)c(-c4ccc(-c5ccc(CN6CC(OCCNC(=O)OC(C)(C)C)C6)cc5)cc4)c(F)cc3n2COCC[Si](C)(C)C)ccc1C. The number of amides is 1. The van der Waals surface area contributed by atoms with Crippen molar-refractivity contribution in [3.8, 4) is 34.0 Å². The molecule has 1 aliphatic rings. The Kier molecular flexibility index (Phi) is 13.5. The van der Waals surface area contributed by atoms with Crippen LogP contribution in [0.15, 0.2) is 72.8 Å². The number of carbonyl (C=O) groups excluding carboxylic acids is 2. The van der Waals surface area contributed by atoms with Crippen LogP contribution < -0.4 is 10.1 Å². The molecular formula is C45H54F2N4O7Si. The van der Waals surface area contributed by atoms with E-state index in [0.29, 0.717) is 36.4 Å². The number of imidazole rings is 1. The van der Waals surface area contributed by atoms with Crippen molar-refractivity contribution in [3.63, 3.8) is 0 Å². The number of halogens is 2. The van der Waals surface area contributed by atoms with Gasteiger partial charge in [-0.25, -0.2) is 18.4 Å². The highest BCUT2D eigenvalue weighted by Gasteiger charge is 2.28. The van der Waals surface area contributed by atoms with Crippen LogP contribution >= 0.6 is 0 Å². The number of benzene rings is 4. The van der Waals surface area contributed by atoms with Gasteiger partial charge in [-0.1, -0.05) is 74.2 Å². The topological polar surface area (TPSA) is 113 Å². The van der Waals surface area contributed by atoms with Gasteiger partial charge in [0.1, 0.15) is 29.4 Å². The molecule has 0 unspecified atom stereocenters. The van der Waals surface area contributed by atoms with Crippen molar-refractivity contribution in [1.29, 1.82) is 0 Å². The highest BCUT2D eigenvalue weighted by atomic mass is 28.3. The Morgan fingerprint density at radius 3 is 2.22 bits per heavy atom. The molecule has 1 saturated heterocycles. The van der Waals surface area contributed by atoms with E-state index >= 15 is 8.78 Å². The Morgan fingerprint density at radius 1 is 0.915 bits per heavy atom. The number of likely N-dealkylation sites (tertiary alicyclic amines) is 1. The average Bonchev–Trinajstić information content (AvgIpc) is 3.50. The minimum Gasteiger partial charge on any atom is -0.465 e. The van der Waals surface area contributed by atoms with Crippen LogP contribution in [-0.4, -0.2) is 86.3 Å². The lowest BCUT2D eigenvalue weighted by Gasteiger charge is -2.39. The summed E-state index contributed by atoms with van der Waals surface area (Å²) in [6.45, 7) is 17.6. The molecule has 11 nitrogen and oxygen atoms in total. The molecule has 2 heterocycles. The van der Waals surface area contributed by atoms with Crippen LogP contribution in [0.1, 0.15) is 42.3 Å². The molecule has 0 atom stereocenters. The largest absolute Gasteiger partial charge is 0.465 e. The van der Waals surface area contributed by atoms with Gasteiger partial charge in [-0.2, -0.15) is 4.98 Å². The summed E-state index contributed by atoms with van der Waals surface area (Å²) < 4.78 is 62.1. The zero-order chi connectivity index (χ0) is 42.5. The fraction of sp³-hybridized carbons (Fsp3) is 0.400. The molecule has 6 rings (SSSR count). The number of hydrogen-bond donors (Lipinski definition) is 1. The van der Waals surface area contributed by atoms with E-state index in [-0.39, 0.29) is 41.2 Å². The highest BCUT2D eigenvalue weighted by molar-refractivity contribution is 6.76. The molecule has 1 N–H and O–H groups in total. The number of aryl methyl sites for hydroxylation is 1. The smallest absolute Gasteiger partial charge is 0.407 e. The quantitative estimate of drug-likeness (QED) is 0.0591. The lowest BCUT2D eigenvalue weighted by molar-refractivity contribution is -0.0566. The van der Waals surface area contributed by atoms with Crippen LogP contribution in [0.4, 0.5) is 13.6 Å². The van der Waals surface area contributed by atoms with Crippen LogP contribution in [0.25, 0.3) is 33.3 Å². The van der Waals surface area contributed by atoms with Gasteiger partial charge < -0.3 is 29.0 Å². The second kappa shape index (κ2) is 18.4. The summed E-state index contributed by atoms with van der Waals surface area (Å²) in [6, 6.07) is 22.4. The molecule has 5 aromatic rings. The normalized spacial score (nSPS) is 13.7. The first-order valence-electron chi connectivity index (χ1n) is 19.8. The molecule has 59 heavy (non-hydrogen) atoms. The van der Waals surface area contributed by atoms with Gasteiger partial charge in [0.25, 0.3) is 0 Å². The number of esters is 1. The number of fused-ring (bicyclic) bond motifs is 1. The molecule has 1 fully saturated rings. The Balaban J connectivity index is 1.12. The molecule has 4 aromatic carbocycles. The van der Waals surface area contributed by atoms with Crippen LogP contribution in [0, 0.1) is 18.6 Å². The van der Waals surface area contributed by atoms with Gasteiger partial charge in [-0.3, -0.25) is 9.47 Å². The molecule has 0 radical (unpaired) electrons. The average molecular weight is 829 g/mol. The van der Waals surface area contributed by atoms with Gasteiger partial charge in [-0.15, -0.1) is 0 Å². The minimum absolute atomic E-state index is 0.00568. The van der Waals surface area contributed by atoms with E-state index in [1.165, 1.54) is 23.8 Å². The summed E-state index contributed by atoms with van der Waals surface area (Å²) >= 11 is 0. The molecule has 0 aliphatic carbocycles. The first-order valence-corrected chi connectivity index (χ1v) is 23.5. The maximum Gasteiger partial charge on any atom is 0.407 e. The number of nitrogens with one attached hydrogen (secondary N) is 1. The fourth-order valence-electron chi connectivity index (χ4n) is 6.61. The van der Waals surface area contributed by atoms with Gasteiger partial charge in [0.2, 0.25) is 0 Å². The van der Waals surface area contributed by atoms with Crippen molar-refractivity contribution < 1.29 is 42.1 Å². The maximum atomic E-state index is 16.4. The number of aromatic nitrogens is 2. The molecule has 0 saturated carbocycles. The number of methoxy groups -OCH3 is 1. The molecule has 1 aliphatic heterocycles. The number of alkyl carbamates (subject to hydrolysis) is 1. The van der Waals surface area contributed by atoms with Gasteiger partial charge in [0, 0.05) is 46.9 Å². The number of carbonyl (C=O) groups is 2. The summed E-state index contributed by atoms with van der Waals surface area (Å²) in [7, 11) is -0.106. The molecule has 1 amide bonds. The van der Waals surface area contributed by atoms with Crippen LogP contribution in [0.2, 0.25) is 25.7 Å². The van der Waals surface area contributed by atoms with Crippen LogP contribution in [-0.2, 0) is 32.2 Å². The third kappa shape index (κ3) is 11.3. The van der Waals surface area contributed by atoms with E-state index < -0.39 is 37.4 Å². The predicted molar refractivity (Wildman–Crippen MR) is 226 cm³/mol.